The summed E-state index contributed by atoms with van der Waals surface area (Å²) in [5.41, 5.74) is 0.279. The number of halogens is 3. The van der Waals surface area contributed by atoms with Crippen LogP contribution >= 0.6 is 0 Å². The predicted octanol–water partition coefficient (Wildman–Crippen LogP) is 7.36. The highest BCUT2D eigenvalue weighted by Crippen LogP contribution is 2.69. The highest BCUT2D eigenvalue weighted by atomic mass is 32.2. The van der Waals surface area contributed by atoms with Crippen molar-refractivity contribution in [2.24, 2.45) is 52.3 Å². The number of carbonyl (C=O) groups is 1. The van der Waals surface area contributed by atoms with Crippen molar-refractivity contribution in [2.45, 2.75) is 122 Å². The second-order valence-corrected chi connectivity index (χ2v) is 17.3. The highest BCUT2D eigenvalue weighted by molar-refractivity contribution is 7.92. The number of fused-ring (bicyclic) bond motifs is 5. The number of hydrogen-bond donors (Lipinski definition) is 2. The van der Waals surface area contributed by atoms with Gasteiger partial charge in [-0.05, 0) is 128 Å². The first-order valence-corrected chi connectivity index (χ1v) is 18.6. The summed E-state index contributed by atoms with van der Waals surface area (Å²) in [5.74, 6) is 1.04. The third-order valence-electron chi connectivity index (χ3n) is 13.0. The van der Waals surface area contributed by atoms with Gasteiger partial charge in [-0.1, -0.05) is 40.5 Å². The lowest BCUT2D eigenvalue weighted by Crippen LogP contribution is -2.62. The standard InChI is InChI=1S/C35H51F3O6S/c1-5-26-30-19-22(39)15-17-34(30,4)29-16-18-33(3)27(13-14-28(33)31(29)32(26)41)21(2)7-6-8-23(40)20-45(42,43)25-11-9-24(10-12-25)44-35(36,37)38/h9-12,21-22,26-32,39,41H,5-8,13-20H2,1-4H3/t21-,22-,26-,27-,28+,29+,30+,31+,32-,33-,34-/m1/s1. The molecule has 1 aromatic rings. The van der Waals surface area contributed by atoms with Crippen LogP contribution in [0.1, 0.15) is 98.3 Å². The van der Waals surface area contributed by atoms with Gasteiger partial charge >= 0.3 is 6.36 Å². The molecule has 0 aliphatic heterocycles. The van der Waals surface area contributed by atoms with Crippen LogP contribution in [0.3, 0.4) is 0 Å². The van der Waals surface area contributed by atoms with E-state index in [1.165, 1.54) is 0 Å². The second-order valence-electron chi connectivity index (χ2n) is 15.3. The summed E-state index contributed by atoms with van der Waals surface area (Å²) >= 11 is 0. The fourth-order valence-electron chi connectivity index (χ4n) is 11.0. The minimum Gasteiger partial charge on any atom is -0.406 e. The summed E-state index contributed by atoms with van der Waals surface area (Å²) in [5, 5.41) is 22.4. The summed E-state index contributed by atoms with van der Waals surface area (Å²) in [6, 6.07) is 3.92. The molecule has 4 fully saturated rings. The van der Waals surface area contributed by atoms with Crippen molar-refractivity contribution in [3.05, 3.63) is 24.3 Å². The number of sulfone groups is 1. The van der Waals surface area contributed by atoms with Crippen LogP contribution in [0.15, 0.2) is 29.2 Å². The van der Waals surface area contributed by atoms with Gasteiger partial charge in [0.15, 0.2) is 9.84 Å². The molecule has 4 aliphatic carbocycles. The number of ketones is 1. The molecule has 10 heteroatoms. The fourth-order valence-corrected chi connectivity index (χ4v) is 12.3. The smallest absolute Gasteiger partial charge is 0.406 e. The third-order valence-corrected chi connectivity index (χ3v) is 14.7. The van der Waals surface area contributed by atoms with Crippen LogP contribution in [0, 0.1) is 52.3 Å². The Kier molecular flexibility index (Phi) is 9.83. The van der Waals surface area contributed by atoms with E-state index in [1.807, 2.05) is 0 Å². The molecule has 0 bridgehead atoms. The Morgan fingerprint density at radius 2 is 1.64 bits per heavy atom. The Morgan fingerprint density at radius 1 is 1.00 bits per heavy atom. The molecule has 0 aromatic heterocycles. The van der Waals surface area contributed by atoms with Gasteiger partial charge in [-0.15, -0.1) is 13.2 Å². The maximum atomic E-state index is 12.7. The molecule has 4 saturated carbocycles. The van der Waals surface area contributed by atoms with Crippen LogP contribution in [0.2, 0.25) is 0 Å². The van der Waals surface area contributed by atoms with Crippen molar-refractivity contribution >= 4 is 15.6 Å². The van der Waals surface area contributed by atoms with Crippen molar-refractivity contribution in [3.63, 3.8) is 0 Å². The van der Waals surface area contributed by atoms with Gasteiger partial charge in [0.2, 0.25) is 0 Å². The van der Waals surface area contributed by atoms with E-state index >= 15 is 0 Å². The first-order chi connectivity index (χ1) is 21.0. The number of ether oxygens (including phenoxy) is 1. The van der Waals surface area contributed by atoms with Crippen molar-refractivity contribution in [2.75, 3.05) is 5.75 Å². The maximum absolute atomic E-state index is 12.7. The number of hydrogen-bond acceptors (Lipinski definition) is 6. The molecule has 0 amide bonds. The lowest BCUT2D eigenvalue weighted by atomic mass is 9.41. The maximum Gasteiger partial charge on any atom is 0.573 e. The Balaban J connectivity index is 1.18. The first-order valence-electron chi connectivity index (χ1n) is 17.0. The number of alkyl halides is 3. The molecule has 0 spiro atoms. The molecule has 4 aliphatic rings. The number of aliphatic hydroxyl groups is 2. The van der Waals surface area contributed by atoms with Crippen molar-refractivity contribution in [3.8, 4) is 5.75 Å². The third kappa shape index (κ3) is 6.71. The number of rotatable bonds is 10. The van der Waals surface area contributed by atoms with Gasteiger partial charge in [0.25, 0.3) is 0 Å². The van der Waals surface area contributed by atoms with Gasteiger partial charge in [-0.2, -0.15) is 0 Å². The van der Waals surface area contributed by atoms with E-state index in [9.17, 15) is 36.6 Å². The molecule has 0 heterocycles. The molecule has 0 radical (unpaired) electrons. The van der Waals surface area contributed by atoms with Gasteiger partial charge in [0.1, 0.15) is 17.3 Å². The van der Waals surface area contributed by atoms with E-state index < -0.39 is 33.5 Å². The average Bonchev–Trinajstić information content (AvgIpc) is 3.30. The SMILES string of the molecule is CC[C@H]1[C@@H](O)[C@@H]2[C@H](CC[C@]3(C)[C@@H]([C@H](C)CCCC(=O)CS(=O)(=O)c4ccc(OC(F)(F)F)cc4)CC[C@@H]23)[C@@]2(C)CC[C@@H](O)C[C@@H]12. The van der Waals surface area contributed by atoms with E-state index in [4.69, 9.17) is 0 Å². The number of carbonyl (C=O) groups excluding carboxylic acids is 1. The summed E-state index contributed by atoms with van der Waals surface area (Å²) in [6.45, 7) is 9.31. The zero-order chi connectivity index (χ0) is 32.9. The quantitative estimate of drug-likeness (QED) is 0.273. The normalized spacial score (nSPS) is 39.0. The molecular formula is C35H51F3O6S. The summed E-state index contributed by atoms with van der Waals surface area (Å²) < 4.78 is 66.5. The topological polar surface area (TPSA) is 101 Å². The van der Waals surface area contributed by atoms with Crippen molar-refractivity contribution in [1.29, 1.82) is 0 Å². The van der Waals surface area contributed by atoms with Gasteiger partial charge < -0.3 is 14.9 Å². The minimum atomic E-state index is -4.87. The molecule has 2 N–H and O–H groups in total. The average molecular weight is 657 g/mol. The predicted molar refractivity (Wildman–Crippen MR) is 165 cm³/mol. The van der Waals surface area contributed by atoms with Crippen LogP contribution in [0.4, 0.5) is 13.2 Å². The second kappa shape index (κ2) is 12.8. The van der Waals surface area contributed by atoms with Gasteiger partial charge in [0.05, 0.1) is 17.1 Å². The van der Waals surface area contributed by atoms with E-state index in [2.05, 4.69) is 32.4 Å². The molecule has 0 saturated heterocycles. The molecule has 45 heavy (non-hydrogen) atoms. The van der Waals surface area contributed by atoms with Gasteiger partial charge in [-0.3, -0.25) is 4.79 Å². The Morgan fingerprint density at radius 3 is 2.29 bits per heavy atom. The minimum absolute atomic E-state index is 0.118. The van der Waals surface area contributed by atoms with Crippen LogP contribution in [0.25, 0.3) is 0 Å². The first kappa shape index (κ1) is 34.7. The molecule has 11 atom stereocenters. The highest BCUT2D eigenvalue weighted by Gasteiger charge is 2.64. The largest absolute Gasteiger partial charge is 0.573 e. The lowest BCUT2D eigenvalue weighted by molar-refractivity contribution is -0.274. The number of aliphatic hydroxyl groups excluding tert-OH is 2. The Hall–Kier alpha value is -1.65. The van der Waals surface area contributed by atoms with E-state index in [0.717, 1.165) is 82.1 Å². The van der Waals surface area contributed by atoms with Crippen LogP contribution in [-0.2, 0) is 14.6 Å². The molecule has 0 unspecified atom stereocenters. The van der Waals surface area contributed by atoms with E-state index in [1.54, 1.807) is 0 Å². The molecule has 1 aromatic carbocycles. The van der Waals surface area contributed by atoms with E-state index in [-0.39, 0.29) is 46.2 Å². The van der Waals surface area contributed by atoms with Crippen molar-refractivity contribution in [1.82, 2.24) is 0 Å². The number of Topliss-reactive ketones (excluding diaryl/α,β-unsaturated/α-hetero) is 1. The zero-order valence-corrected chi connectivity index (χ0v) is 27.9. The summed E-state index contributed by atoms with van der Waals surface area (Å²) in [7, 11) is -3.98. The van der Waals surface area contributed by atoms with Gasteiger partial charge in [-0.25, -0.2) is 8.42 Å². The van der Waals surface area contributed by atoms with Crippen LogP contribution in [0.5, 0.6) is 5.75 Å². The Labute approximate surface area is 266 Å². The number of benzene rings is 1. The molecule has 254 valence electrons. The zero-order valence-electron chi connectivity index (χ0n) is 27.1. The Bertz CT molecular complexity index is 1320. The molecule has 6 nitrogen and oxygen atoms in total. The molecular weight excluding hydrogens is 605 g/mol. The van der Waals surface area contributed by atoms with Crippen LogP contribution < -0.4 is 4.74 Å². The summed E-state index contributed by atoms with van der Waals surface area (Å²) in [4.78, 5) is 12.5. The lowest BCUT2D eigenvalue weighted by Gasteiger charge is -2.64. The van der Waals surface area contributed by atoms with Crippen LogP contribution in [-0.4, -0.2) is 48.7 Å². The summed E-state index contributed by atoms with van der Waals surface area (Å²) in [6.07, 6.45) is 4.14. The molecule has 5 rings (SSSR count). The fraction of sp³-hybridized carbons (Fsp3) is 0.800. The van der Waals surface area contributed by atoms with Gasteiger partial charge in [0, 0.05) is 6.42 Å². The monoisotopic (exact) mass is 656 g/mol. The van der Waals surface area contributed by atoms with Crippen molar-refractivity contribution < 1.29 is 41.3 Å². The van der Waals surface area contributed by atoms with E-state index in [0.29, 0.717) is 36.0 Å².